The molecule has 0 spiro atoms. The van der Waals surface area contributed by atoms with Gasteiger partial charge < -0.3 is 10.2 Å². The molecule has 0 aliphatic rings. The number of benzene rings is 1. The number of nitrogens with zero attached hydrogens (tertiary/aromatic N) is 4. The number of halogens is 4. The van der Waals surface area contributed by atoms with Crippen molar-refractivity contribution in [1.82, 2.24) is 19.7 Å². The van der Waals surface area contributed by atoms with Crippen molar-refractivity contribution in [2.75, 3.05) is 19.4 Å². The van der Waals surface area contributed by atoms with E-state index >= 15 is 0 Å². The monoisotopic (exact) mass is 435 g/mol. The van der Waals surface area contributed by atoms with Gasteiger partial charge in [0.05, 0.1) is 17.8 Å². The highest BCUT2D eigenvalue weighted by Crippen LogP contribution is 2.33. The fraction of sp³-hybridized carbons (Fsp3) is 0.286. The quantitative estimate of drug-likeness (QED) is 0.574. The Morgan fingerprint density at radius 3 is 2.58 bits per heavy atom. The average Bonchev–Trinajstić information content (AvgIpc) is 3.07. The van der Waals surface area contributed by atoms with Gasteiger partial charge in [-0.2, -0.15) is 18.3 Å². The van der Waals surface area contributed by atoms with Crippen molar-refractivity contribution in [3.05, 3.63) is 59.7 Å². The van der Waals surface area contributed by atoms with Gasteiger partial charge in [0.15, 0.2) is 5.82 Å². The number of aryl methyl sites for hydroxylation is 2. The lowest BCUT2D eigenvalue weighted by Crippen LogP contribution is -2.23. The van der Waals surface area contributed by atoms with Crippen LogP contribution in [-0.4, -0.2) is 39.7 Å². The number of pyridine rings is 1. The first-order chi connectivity index (χ1) is 14.5. The summed E-state index contributed by atoms with van der Waals surface area (Å²) in [7, 11) is 3.29. The maximum Gasteiger partial charge on any atom is 0.416 e. The molecule has 2 aromatic heterocycles. The van der Waals surface area contributed by atoms with Gasteiger partial charge in [-0.25, -0.2) is 4.39 Å². The van der Waals surface area contributed by atoms with Gasteiger partial charge >= 0.3 is 6.18 Å². The topological polar surface area (TPSA) is 63.1 Å². The molecule has 0 fully saturated rings. The predicted octanol–water partition coefficient (Wildman–Crippen LogP) is 4.63. The number of alkyl halides is 3. The molecule has 0 saturated heterocycles. The molecule has 31 heavy (non-hydrogen) atoms. The summed E-state index contributed by atoms with van der Waals surface area (Å²) in [5, 5.41) is 7.12. The molecule has 0 saturated carbocycles. The van der Waals surface area contributed by atoms with Gasteiger partial charge in [0.1, 0.15) is 5.82 Å². The van der Waals surface area contributed by atoms with Crippen molar-refractivity contribution >= 4 is 17.4 Å². The summed E-state index contributed by atoms with van der Waals surface area (Å²) in [6.07, 6.45) is -1.21. The Hall–Kier alpha value is -3.43. The summed E-state index contributed by atoms with van der Waals surface area (Å²) in [6.45, 7) is 2.12. The molecule has 0 bridgehead atoms. The highest BCUT2D eigenvalue weighted by molar-refractivity contribution is 5.75. The van der Waals surface area contributed by atoms with Crippen LogP contribution in [-0.2, 0) is 17.5 Å². The number of rotatable bonds is 6. The van der Waals surface area contributed by atoms with Crippen LogP contribution in [0.1, 0.15) is 17.5 Å². The van der Waals surface area contributed by atoms with Crippen LogP contribution in [0.4, 0.5) is 29.1 Å². The van der Waals surface area contributed by atoms with Gasteiger partial charge in [-0.3, -0.25) is 14.5 Å². The Bertz CT molecular complexity index is 1090. The third-order valence-corrected chi connectivity index (χ3v) is 4.61. The Morgan fingerprint density at radius 1 is 1.19 bits per heavy atom. The number of carbonyl (C=O) groups is 1. The molecule has 3 rings (SSSR count). The minimum absolute atomic E-state index is 0.0839. The van der Waals surface area contributed by atoms with E-state index in [4.69, 9.17) is 0 Å². The van der Waals surface area contributed by atoms with Crippen molar-refractivity contribution in [3.8, 4) is 11.3 Å². The fourth-order valence-corrected chi connectivity index (χ4v) is 3.02. The summed E-state index contributed by atoms with van der Waals surface area (Å²) < 4.78 is 54.3. The minimum atomic E-state index is -4.68. The lowest BCUT2D eigenvalue weighted by atomic mass is 10.1. The van der Waals surface area contributed by atoms with E-state index in [0.717, 1.165) is 23.3 Å². The molecule has 1 aromatic carbocycles. The summed E-state index contributed by atoms with van der Waals surface area (Å²) in [6, 6.07) is 5.63. The van der Waals surface area contributed by atoms with E-state index in [2.05, 4.69) is 15.4 Å². The molecular weight excluding hydrogens is 414 g/mol. The van der Waals surface area contributed by atoms with Gasteiger partial charge in [0, 0.05) is 50.2 Å². The lowest BCUT2D eigenvalue weighted by molar-refractivity contribution is -0.137. The molecule has 1 amide bonds. The standard InChI is InChI=1S/C21H21F4N5O/c1-13-12-26-6-4-17(13)18-11-19(28-30(18)7-5-20(31)29(2)3)27-16-9-14(21(23,24)25)8-15(22)10-16/h4,6,8-12H,5,7H2,1-3H3,(H,27,28). The molecule has 0 aliphatic heterocycles. The average molecular weight is 435 g/mol. The number of hydrogen-bond donors (Lipinski definition) is 1. The van der Waals surface area contributed by atoms with Crippen molar-refractivity contribution in [1.29, 1.82) is 0 Å². The Morgan fingerprint density at radius 2 is 1.94 bits per heavy atom. The van der Waals surface area contributed by atoms with Crippen LogP contribution in [0.25, 0.3) is 11.3 Å². The van der Waals surface area contributed by atoms with Crippen LogP contribution in [0.5, 0.6) is 0 Å². The van der Waals surface area contributed by atoms with Crippen LogP contribution in [0.15, 0.2) is 42.7 Å². The van der Waals surface area contributed by atoms with E-state index in [1.807, 2.05) is 6.92 Å². The third kappa shape index (κ3) is 5.39. The molecule has 0 atom stereocenters. The van der Waals surface area contributed by atoms with Crippen LogP contribution < -0.4 is 5.32 Å². The van der Waals surface area contributed by atoms with Crippen molar-refractivity contribution in [3.63, 3.8) is 0 Å². The first-order valence-corrected chi connectivity index (χ1v) is 9.38. The molecule has 0 unspecified atom stereocenters. The van der Waals surface area contributed by atoms with Crippen LogP contribution >= 0.6 is 0 Å². The molecule has 2 heterocycles. The number of aromatic nitrogens is 3. The fourth-order valence-electron chi connectivity index (χ4n) is 3.02. The molecule has 1 N–H and O–H groups in total. The number of hydrogen-bond acceptors (Lipinski definition) is 4. The molecule has 0 radical (unpaired) electrons. The van der Waals surface area contributed by atoms with Gasteiger partial charge in [-0.05, 0) is 36.8 Å². The summed E-state index contributed by atoms with van der Waals surface area (Å²) in [5.41, 5.74) is 1.14. The van der Waals surface area contributed by atoms with Crippen molar-refractivity contribution in [2.45, 2.75) is 26.1 Å². The Labute approximate surface area is 176 Å². The number of carbonyl (C=O) groups excluding carboxylic acids is 1. The van der Waals surface area contributed by atoms with Gasteiger partial charge in [0.25, 0.3) is 0 Å². The zero-order valence-electron chi connectivity index (χ0n) is 17.2. The van der Waals surface area contributed by atoms with Crippen LogP contribution in [0.2, 0.25) is 0 Å². The van der Waals surface area contributed by atoms with E-state index in [0.29, 0.717) is 11.8 Å². The van der Waals surface area contributed by atoms with E-state index < -0.39 is 17.6 Å². The number of amides is 1. The Balaban J connectivity index is 1.97. The lowest BCUT2D eigenvalue weighted by Gasteiger charge is -2.12. The van der Waals surface area contributed by atoms with Gasteiger partial charge in [-0.1, -0.05) is 0 Å². The van der Waals surface area contributed by atoms with Crippen molar-refractivity contribution < 1.29 is 22.4 Å². The van der Waals surface area contributed by atoms with Gasteiger partial charge in [0.2, 0.25) is 5.91 Å². The zero-order chi connectivity index (χ0) is 22.8. The Kier molecular flexibility index (Phi) is 6.28. The maximum atomic E-state index is 13.7. The van der Waals surface area contributed by atoms with E-state index in [1.165, 1.54) is 4.90 Å². The van der Waals surface area contributed by atoms with Crippen molar-refractivity contribution in [2.24, 2.45) is 0 Å². The van der Waals surface area contributed by atoms with Crippen LogP contribution in [0.3, 0.4) is 0 Å². The molecule has 3 aromatic rings. The molecule has 6 nitrogen and oxygen atoms in total. The first kappa shape index (κ1) is 22.3. The second-order valence-electron chi connectivity index (χ2n) is 7.22. The highest BCUT2D eigenvalue weighted by atomic mass is 19.4. The number of anilines is 2. The van der Waals surface area contributed by atoms with Gasteiger partial charge in [-0.15, -0.1) is 0 Å². The third-order valence-electron chi connectivity index (χ3n) is 4.61. The van der Waals surface area contributed by atoms with E-state index in [1.54, 1.807) is 43.3 Å². The molecule has 0 aliphatic carbocycles. The number of nitrogens with one attached hydrogen (secondary N) is 1. The maximum absolute atomic E-state index is 13.7. The zero-order valence-corrected chi connectivity index (χ0v) is 17.2. The first-order valence-electron chi connectivity index (χ1n) is 9.38. The largest absolute Gasteiger partial charge is 0.416 e. The van der Waals surface area contributed by atoms with Crippen LogP contribution in [0, 0.1) is 12.7 Å². The minimum Gasteiger partial charge on any atom is -0.349 e. The summed E-state index contributed by atoms with van der Waals surface area (Å²) in [5.74, 6) is -0.886. The highest BCUT2D eigenvalue weighted by Gasteiger charge is 2.31. The SMILES string of the molecule is Cc1cnccc1-c1cc(Nc2cc(F)cc(C(F)(F)F)c2)nn1CCC(=O)N(C)C. The summed E-state index contributed by atoms with van der Waals surface area (Å²) in [4.78, 5) is 17.5. The molecule has 164 valence electrons. The second kappa shape index (κ2) is 8.75. The molecule has 10 heteroatoms. The smallest absolute Gasteiger partial charge is 0.349 e. The van der Waals surface area contributed by atoms with E-state index in [-0.39, 0.29) is 30.4 Å². The summed E-state index contributed by atoms with van der Waals surface area (Å²) >= 11 is 0. The predicted molar refractivity (Wildman–Crippen MR) is 108 cm³/mol. The van der Waals surface area contributed by atoms with E-state index in [9.17, 15) is 22.4 Å². The normalized spacial score (nSPS) is 11.5. The molecular formula is C21H21F4N5O. The second-order valence-corrected chi connectivity index (χ2v) is 7.22.